The SMILES string of the molecule is CC(NC(=O)c1cccc(Cl)c1Cl)C(=O)N1CCN(c2ccc([N+](=O)[O-])cn2)CC1. The van der Waals surface area contributed by atoms with Gasteiger partial charge >= 0.3 is 0 Å². The molecule has 2 aromatic rings. The van der Waals surface area contributed by atoms with E-state index in [-0.39, 0.29) is 27.2 Å². The van der Waals surface area contributed by atoms with Crippen LogP contribution in [-0.2, 0) is 4.79 Å². The van der Waals surface area contributed by atoms with E-state index in [0.717, 1.165) is 0 Å². The third kappa shape index (κ3) is 4.80. The van der Waals surface area contributed by atoms with Crippen LogP contribution >= 0.6 is 23.2 Å². The minimum Gasteiger partial charge on any atom is -0.353 e. The lowest BCUT2D eigenvalue weighted by Crippen LogP contribution is -2.54. The number of amides is 2. The van der Waals surface area contributed by atoms with E-state index in [2.05, 4.69) is 10.3 Å². The molecule has 1 aliphatic heterocycles. The Kier molecular flexibility index (Phi) is 6.73. The number of halogens is 2. The van der Waals surface area contributed by atoms with Gasteiger partial charge in [-0.3, -0.25) is 19.7 Å². The number of hydrogen-bond acceptors (Lipinski definition) is 6. The Morgan fingerprint density at radius 2 is 1.87 bits per heavy atom. The van der Waals surface area contributed by atoms with E-state index in [1.54, 1.807) is 30.0 Å². The minimum atomic E-state index is -0.739. The Balaban J connectivity index is 1.56. The van der Waals surface area contributed by atoms with Crippen LogP contribution in [0.3, 0.4) is 0 Å². The summed E-state index contributed by atoms with van der Waals surface area (Å²) in [7, 11) is 0. The molecule has 0 saturated carbocycles. The van der Waals surface area contributed by atoms with Crippen molar-refractivity contribution in [3.63, 3.8) is 0 Å². The van der Waals surface area contributed by atoms with Crippen molar-refractivity contribution in [1.29, 1.82) is 0 Å². The summed E-state index contributed by atoms with van der Waals surface area (Å²) in [6.07, 6.45) is 1.21. The summed E-state index contributed by atoms with van der Waals surface area (Å²) in [6, 6.07) is 6.98. The summed E-state index contributed by atoms with van der Waals surface area (Å²) in [4.78, 5) is 43.1. The van der Waals surface area contributed by atoms with E-state index < -0.39 is 16.9 Å². The first-order valence-electron chi connectivity index (χ1n) is 9.17. The van der Waals surface area contributed by atoms with Gasteiger partial charge in [0.05, 0.1) is 20.5 Å². The van der Waals surface area contributed by atoms with Gasteiger partial charge in [-0.25, -0.2) is 4.98 Å². The lowest BCUT2D eigenvalue weighted by Gasteiger charge is -2.36. The minimum absolute atomic E-state index is 0.0723. The Morgan fingerprint density at radius 1 is 1.17 bits per heavy atom. The zero-order chi connectivity index (χ0) is 21.8. The highest BCUT2D eigenvalue weighted by Gasteiger charge is 2.27. The molecule has 0 bridgehead atoms. The van der Waals surface area contributed by atoms with Gasteiger partial charge in [-0.15, -0.1) is 0 Å². The number of piperazine rings is 1. The molecule has 1 aromatic heterocycles. The Bertz CT molecular complexity index is 962. The molecular formula is C19H19Cl2N5O4. The van der Waals surface area contributed by atoms with Crippen molar-refractivity contribution < 1.29 is 14.5 Å². The van der Waals surface area contributed by atoms with E-state index in [1.807, 2.05) is 4.90 Å². The number of pyridine rings is 1. The second-order valence-electron chi connectivity index (χ2n) is 6.74. The number of carbonyl (C=O) groups is 2. The first-order valence-corrected chi connectivity index (χ1v) is 9.92. The molecule has 1 aliphatic rings. The number of nitrogens with one attached hydrogen (secondary N) is 1. The van der Waals surface area contributed by atoms with E-state index >= 15 is 0 Å². The zero-order valence-corrected chi connectivity index (χ0v) is 17.6. The molecule has 1 unspecified atom stereocenters. The summed E-state index contributed by atoms with van der Waals surface area (Å²) >= 11 is 12.0. The van der Waals surface area contributed by atoms with Gasteiger partial charge < -0.3 is 15.1 Å². The van der Waals surface area contributed by atoms with Crippen LogP contribution in [0, 0.1) is 10.1 Å². The molecule has 1 aromatic carbocycles. The number of hydrogen-bond donors (Lipinski definition) is 1. The van der Waals surface area contributed by atoms with E-state index in [9.17, 15) is 19.7 Å². The summed E-state index contributed by atoms with van der Waals surface area (Å²) in [5.41, 5.74) is 0.134. The Hall–Kier alpha value is -2.91. The molecule has 0 aliphatic carbocycles. The first kappa shape index (κ1) is 21.8. The number of anilines is 1. The van der Waals surface area contributed by atoms with Crippen molar-refractivity contribution in [2.75, 3.05) is 31.1 Å². The maximum atomic E-state index is 12.7. The van der Waals surface area contributed by atoms with Gasteiger partial charge in [0.15, 0.2) is 0 Å². The first-order chi connectivity index (χ1) is 14.3. The van der Waals surface area contributed by atoms with E-state index in [0.29, 0.717) is 32.0 Å². The molecule has 2 amide bonds. The lowest BCUT2D eigenvalue weighted by molar-refractivity contribution is -0.385. The topological polar surface area (TPSA) is 109 Å². The maximum Gasteiger partial charge on any atom is 0.287 e. The Morgan fingerprint density at radius 3 is 2.47 bits per heavy atom. The van der Waals surface area contributed by atoms with Gasteiger partial charge in [-0.05, 0) is 25.1 Å². The number of aromatic nitrogens is 1. The average molecular weight is 452 g/mol. The van der Waals surface area contributed by atoms with Gasteiger partial charge in [0.1, 0.15) is 18.1 Å². The molecule has 1 N–H and O–H groups in total. The van der Waals surface area contributed by atoms with Gasteiger partial charge in [-0.2, -0.15) is 0 Å². The van der Waals surface area contributed by atoms with Crippen molar-refractivity contribution in [2.45, 2.75) is 13.0 Å². The number of rotatable bonds is 5. The second kappa shape index (κ2) is 9.27. The van der Waals surface area contributed by atoms with Crippen molar-refractivity contribution in [1.82, 2.24) is 15.2 Å². The smallest absolute Gasteiger partial charge is 0.287 e. The monoisotopic (exact) mass is 451 g/mol. The molecule has 30 heavy (non-hydrogen) atoms. The average Bonchev–Trinajstić information content (AvgIpc) is 2.75. The van der Waals surface area contributed by atoms with Crippen LogP contribution in [0.25, 0.3) is 0 Å². The Labute approximate surface area is 182 Å². The van der Waals surface area contributed by atoms with Crippen LogP contribution in [0.15, 0.2) is 36.5 Å². The summed E-state index contributed by atoms with van der Waals surface area (Å²) < 4.78 is 0. The zero-order valence-electron chi connectivity index (χ0n) is 16.0. The molecule has 1 fully saturated rings. The molecule has 2 heterocycles. The molecule has 0 spiro atoms. The second-order valence-corrected chi connectivity index (χ2v) is 7.53. The van der Waals surface area contributed by atoms with Crippen LogP contribution in [0.1, 0.15) is 17.3 Å². The third-order valence-electron chi connectivity index (χ3n) is 4.77. The molecule has 1 saturated heterocycles. The molecule has 3 rings (SSSR count). The van der Waals surface area contributed by atoms with Crippen LogP contribution in [0.2, 0.25) is 10.0 Å². The third-order valence-corrected chi connectivity index (χ3v) is 5.59. The fourth-order valence-electron chi connectivity index (χ4n) is 3.12. The molecular weight excluding hydrogens is 433 g/mol. The molecule has 9 nitrogen and oxygen atoms in total. The predicted molar refractivity (Wildman–Crippen MR) is 113 cm³/mol. The summed E-state index contributed by atoms with van der Waals surface area (Å²) in [5.74, 6) is -0.0699. The number of nitro groups is 1. The highest BCUT2D eigenvalue weighted by atomic mass is 35.5. The van der Waals surface area contributed by atoms with Crippen LogP contribution in [-0.4, -0.2) is 58.8 Å². The molecule has 158 valence electrons. The van der Waals surface area contributed by atoms with E-state index in [1.165, 1.54) is 18.3 Å². The standard InChI is InChI=1S/C19H19Cl2N5O4/c1-12(23-18(27)14-3-2-4-15(20)17(14)21)19(28)25-9-7-24(8-10-25)16-6-5-13(11-22-16)26(29)30/h2-6,11-12H,7-10H2,1H3,(H,23,27). The highest BCUT2D eigenvalue weighted by Crippen LogP contribution is 2.25. The number of benzene rings is 1. The van der Waals surface area contributed by atoms with Gasteiger partial charge in [-0.1, -0.05) is 29.3 Å². The van der Waals surface area contributed by atoms with Gasteiger partial charge in [0.2, 0.25) is 5.91 Å². The molecule has 11 heteroatoms. The van der Waals surface area contributed by atoms with E-state index in [4.69, 9.17) is 23.2 Å². The summed E-state index contributed by atoms with van der Waals surface area (Å²) in [6.45, 7) is 3.54. The fraction of sp³-hybridized carbons (Fsp3) is 0.316. The van der Waals surface area contributed by atoms with Crippen molar-refractivity contribution in [3.8, 4) is 0 Å². The highest BCUT2D eigenvalue weighted by molar-refractivity contribution is 6.43. The number of nitrogens with zero attached hydrogens (tertiary/aromatic N) is 4. The quantitative estimate of drug-likeness (QED) is 0.552. The van der Waals surface area contributed by atoms with Gasteiger partial charge in [0.25, 0.3) is 11.6 Å². The van der Waals surface area contributed by atoms with Crippen molar-refractivity contribution >= 4 is 46.5 Å². The predicted octanol–water partition coefficient (Wildman–Crippen LogP) is 2.76. The largest absolute Gasteiger partial charge is 0.353 e. The number of carbonyl (C=O) groups excluding carboxylic acids is 2. The molecule has 1 atom stereocenters. The maximum absolute atomic E-state index is 12.7. The van der Waals surface area contributed by atoms with Crippen molar-refractivity contribution in [3.05, 3.63) is 62.3 Å². The molecule has 0 radical (unpaired) electrons. The van der Waals surface area contributed by atoms with Crippen LogP contribution < -0.4 is 10.2 Å². The fourth-order valence-corrected chi connectivity index (χ4v) is 3.50. The van der Waals surface area contributed by atoms with Crippen molar-refractivity contribution in [2.24, 2.45) is 0 Å². The van der Waals surface area contributed by atoms with Crippen LogP contribution in [0.5, 0.6) is 0 Å². The normalized spacial score (nSPS) is 14.9. The summed E-state index contributed by atoms with van der Waals surface area (Å²) in [5, 5.41) is 13.8. The van der Waals surface area contributed by atoms with Crippen LogP contribution in [0.4, 0.5) is 11.5 Å². The lowest BCUT2D eigenvalue weighted by atomic mass is 10.2. The van der Waals surface area contributed by atoms with Gasteiger partial charge in [0, 0.05) is 32.2 Å².